The van der Waals surface area contributed by atoms with E-state index in [0.29, 0.717) is 11.5 Å². The van der Waals surface area contributed by atoms with Crippen LogP contribution in [0.1, 0.15) is 30.7 Å². The van der Waals surface area contributed by atoms with Crippen LogP contribution in [0.3, 0.4) is 0 Å². The van der Waals surface area contributed by atoms with Crippen molar-refractivity contribution in [3.63, 3.8) is 0 Å². The molecule has 0 saturated carbocycles. The van der Waals surface area contributed by atoms with Gasteiger partial charge in [0.15, 0.2) is 10.8 Å². The number of β-lactam (4-membered cyclic amide) rings is 1. The standard InChI is InChI=1S/C25H24ClN5O7S2/c1-25(2,23(36)37)38-30-16(15-11-40-24(27)28-15)19(32)29-17-20(33)31-18(22(34)35)14(10-39-21(17)31)8-7-12-3-5-13(9-26)6-4-12/h3-8,11,17,21H,9-10H2,1-2H3,(H2,27,28)(H,29,32)(H,34,35)(H,36,37)/b8-7+,30-16-/t17-,21-/m1/s1. The second-order valence-corrected chi connectivity index (χ2v) is 11.4. The van der Waals surface area contributed by atoms with E-state index in [9.17, 15) is 29.4 Å². The highest BCUT2D eigenvalue weighted by atomic mass is 35.5. The van der Waals surface area contributed by atoms with Crippen LogP contribution in [-0.2, 0) is 29.9 Å². The molecule has 210 valence electrons. The minimum atomic E-state index is -1.76. The van der Waals surface area contributed by atoms with Gasteiger partial charge in [0, 0.05) is 17.0 Å². The van der Waals surface area contributed by atoms with E-state index in [-0.39, 0.29) is 28.0 Å². The number of benzene rings is 1. The molecule has 3 heterocycles. The van der Waals surface area contributed by atoms with E-state index in [2.05, 4.69) is 15.5 Å². The number of thioether (sulfide) groups is 1. The number of oxime groups is 1. The van der Waals surface area contributed by atoms with Gasteiger partial charge in [0.25, 0.3) is 11.8 Å². The molecule has 1 aromatic heterocycles. The number of rotatable bonds is 10. The zero-order valence-electron chi connectivity index (χ0n) is 21.2. The number of carbonyl (C=O) groups is 4. The minimum Gasteiger partial charge on any atom is -0.478 e. The highest BCUT2D eigenvalue weighted by Crippen LogP contribution is 2.41. The number of hydrogen-bond donors (Lipinski definition) is 4. The van der Waals surface area contributed by atoms with Crippen molar-refractivity contribution in [1.29, 1.82) is 0 Å². The van der Waals surface area contributed by atoms with E-state index in [4.69, 9.17) is 22.2 Å². The van der Waals surface area contributed by atoms with Crippen LogP contribution < -0.4 is 11.1 Å². The third-order valence-corrected chi connectivity index (χ3v) is 8.24. The van der Waals surface area contributed by atoms with E-state index in [0.717, 1.165) is 27.4 Å². The molecule has 0 unspecified atom stereocenters. The van der Waals surface area contributed by atoms with Crippen molar-refractivity contribution in [2.24, 2.45) is 5.16 Å². The first kappa shape index (κ1) is 29.1. The van der Waals surface area contributed by atoms with Crippen molar-refractivity contribution in [1.82, 2.24) is 15.2 Å². The number of carboxylic acids is 2. The molecule has 15 heteroatoms. The largest absolute Gasteiger partial charge is 0.478 e. The summed E-state index contributed by atoms with van der Waals surface area (Å²) in [5.74, 6) is -3.42. The number of carbonyl (C=O) groups excluding carboxylic acids is 2. The summed E-state index contributed by atoms with van der Waals surface area (Å²) < 4.78 is 0. The molecule has 0 aliphatic carbocycles. The van der Waals surface area contributed by atoms with Gasteiger partial charge in [0.1, 0.15) is 22.8 Å². The Morgan fingerprint density at radius 2 is 1.98 bits per heavy atom. The van der Waals surface area contributed by atoms with Crippen LogP contribution in [0.5, 0.6) is 0 Å². The van der Waals surface area contributed by atoms with Crippen molar-refractivity contribution in [3.05, 3.63) is 63.8 Å². The Labute approximate surface area is 241 Å². The number of aromatic nitrogens is 1. The molecular weight excluding hydrogens is 582 g/mol. The molecule has 0 bridgehead atoms. The first-order valence-corrected chi connectivity index (χ1v) is 14.1. The van der Waals surface area contributed by atoms with Crippen molar-refractivity contribution in [2.45, 2.75) is 36.7 Å². The topological polar surface area (TPSA) is 185 Å². The van der Waals surface area contributed by atoms with E-state index in [1.807, 2.05) is 24.3 Å². The van der Waals surface area contributed by atoms with Gasteiger partial charge in [-0.05, 0) is 30.5 Å². The number of anilines is 1. The molecule has 4 rings (SSSR count). The molecule has 0 spiro atoms. The first-order valence-electron chi connectivity index (χ1n) is 11.7. The summed E-state index contributed by atoms with van der Waals surface area (Å²) >= 11 is 8.14. The van der Waals surface area contributed by atoms with Crippen molar-refractivity contribution in [2.75, 3.05) is 11.5 Å². The van der Waals surface area contributed by atoms with Crippen LogP contribution in [-0.4, -0.2) is 72.3 Å². The summed E-state index contributed by atoms with van der Waals surface area (Å²) in [4.78, 5) is 60.1. The zero-order chi connectivity index (χ0) is 29.2. The van der Waals surface area contributed by atoms with E-state index in [1.54, 1.807) is 12.2 Å². The van der Waals surface area contributed by atoms with E-state index >= 15 is 0 Å². The van der Waals surface area contributed by atoms with Gasteiger partial charge in [0.2, 0.25) is 5.60 Å². The quantitative estimate of drug-likeness (QED) is 0.136. The second kappa shape index (κ2) is 11.7. The molecular formula is C25H24ClN5O7S2. The normalized spacial score (nSPS) is 19.3. The maximum Gasteiger partial charge on any atom is 0.352 e. The number of hydrogen-bond acceptors (Lipinski definition) is 10. The lowest BCUT2D eigenvalue weighted by atomic mass is 10.0. The lowest BCUT2D eigenvalue weighted by Crippen LogP contribution is -2.71. The minimum absolute atomic E-state index is 0.0266. The number of halogens is 1. The van der Waals surface area contributed by atoms with Gasteiger partial charge in [-0.1, -0.05) is 41.6 Å². The summed E-state index contributed by atoms with van der Waals surface area (Å²) in [6, 6.07) is 6.37. The third-order valence-electron chi connectivity index (χ3n) is 5.96. The molecule has 5 N–H and O–H groups in total. The van der Waals surface area contributed by atoms with Crippen molar-refractivity contribution in [3.8, 4) is 0 Å². The van der Waals surface area contributed by atoms with Crippen LogP contribution in [0, 0.1) is 0 Å². The Kier molecular flexibility index (Phi) is 8.51. The van der Waals surface area contributed by atoms with Gasteiger partial charge >= 0.3 is 11.9 Å². The van der Waals surface area contributed by atoms with Crippen LogP contribution in [0.15, 0.2) is 52.1 Å². The number of aliphatic carboxylic acids is 2. The highest BCUT2D eigenvalue weighted by Gasteiger charge is 2.54. The number of carboxylic acid groups (broad SMARTS) is 2. The highest BCUT2D eigenvalue weighted by molar-refractivity contribution is 8.00. The summed E-state index contributed by atoms with van der Waals surface area (Å²) in [5, 5.41) is 26.4. The van der Waals surface area contributed by atoms with Crippen LogP contribution in [0.2, 0.25) is 0 Å². The molecule has 1 fully saturated rings. The van der Waals surface area contributed by atoms with Gasteiger partial charge in [-0.15, -0.1) is 34.7 Å². The molecule has 2 aliphatic rings. The van der Waals surface area contributed by atoms with Gasteiger partial charge in [-0.3, -0.25) is 14.5 Å². The Morgan fingerprint density at radius 1 is 1.27 bits per heavy atom. The molecule has 2 aliphatic heterocycles. The molecule has 1 aromatic carbocycles. The summed E-state index contributed by atoms with van der Waals surface area (Å²) in [6.45, 7) is 2.49. The predicted octanol–water partition coefficient (Wildman–Crippen LogP) is 2.50. The molecule has 2 atom stereocenters. The number of nitrogens with two attached hydrogens (primary N) is 1. The van der Waals surface area contributed by atoms with Gasteiger partial charge in [-0.2, -0.15) is 0 Å². The summed E-state index contributed by atoms with van der Waals surface area (Å²) in [7, 11) is 0. The van der Waals surface area contributed by atoms with Crippen LogP contribution in [0.4, 0.5) is 5.13 Å². The molecule has 12 nitrogen and oxygen atoms in total. The Bertz CT molecular complexity index is 1450. The number of nitrogens with one attached hydrogen (secondary N) is 1. The fourth-order valence-corrected chi connectivity index (χ4v) is 5.74. The number of amides is 2. The summed E-state index contributed by atoms with van der Waals surface area (Å²) in [6.07, 6.45) is 3.40. The summed E-state index contributed by atoms with van der Waals surface area (Å²) in [5.41, 5.74) is 5.62. The lowest BCUT2D eigenvalue weighted by Gasteiger charge is -2.49. The smallest absolute Gasteiger partial charge is 0.352 e. The Balaban J connectivity index is 1.54. The SMILES string of the molecule is CC(C)(O/N=C(\C(=O)N[C@@H]1C(=O)N2C(C(=O)O)=C(/C=C/c3ccc(CCl)cc3)CS[C@H]12)c1csc(N)n1)C(=O)O. The maximum atomic E-state index is 13.2. The maximum absolute atomic E-state index is 13.2. The fourth-order valence-electron chi connectivity index (χ4n) is 3.70. The number of alkyl halides is 1. The Hall–Kier alpha value is -3.88. The number of nitrogen functional groups attached to an aromatic ring is 1. The third kappa shape index (κ3) is 5.98. The molecule has 2 aromatic rings. The van der Waals surface area contributed by atoms with E-state index < -0.39 is 40.8 Å². The van der Waals surface area contributed by atoms with Gasteiger partial charge in [-0.25, -0.2) is 14.6 Å². The lowest BCUT2D eigenvalue weighted by molar-refractivity contribution is -0.161. The van der Waals surface area contributed by atoms with E-state index in [1.165, 1.54) is 31.0 Å². The molecule has 0 radical (unpaired) electrons. The number of allylic oxidation sites excluding steroid dienone is 1. The van der Waals surface area contributed by atoms with Gasteiger partial charge in [0.05, 0.1) is 0 Å². The van der Waals surface area contributed by atoms with Crippen LogP contribution >= 0.6 is 34.7 Å². The van der Waals surface area contributed by atoms with Gasteiger partial charge < -0.3 is 26.1 Å². The first-order chi connectivity index (χ1) is 18.9. The second-order valence-electron chi connectivity index (χ2n) is 9.17. The average molecular weight is 606 g/mol. The average Bonchev–Trinajstić information content (AvgIpc) is 3.35. The monoisotopic (exact) mass is 605 g/mol. The zero-order valence-corrected chi connectivity index (χ0v) is 23.5. The number of thiazole rings is 1. The fraction of sp³-hybridized carbons (Fsp3) is 0.280. The Morgan fingerprint density at radius 3 is 2.55 bits per heavy atom. The van der Waals surface area contributed by atoms with Crippen LogP contribution in [0.25, 0.3) is 6.08 Å². The molecule has 40 heavy (non-hydrogen) atoms. The predicted molar refractivity (Wildman–Crippen MR) is 151 cm³/mol. The molecule has 2 amide bonds. The molecule has 1 saturated heterocycles. The number of nitrogens with zero attached hydrogens (tertiary/aromatic N) is 3. The van der Waals surface area contributed by atoms with Crippen molar-refractivity contribution >= 4 is 75.4 Å². The number of fused-ring (bicyclic) bond motifs is 1. The van der Waals surface area contributed by atoms with Crippen molar-refractivity contribution < 1.29 is 34.2 Å².